The molecule has 0 saturated carbocycles. The van der Waals surface area contributed by atoms with Crippen LogP contribution in [-0.2, 0) is 9.59 Å². The molecule has 0 spiro atoms. The van der Waals surface area contributed by atoms with Gasteiger partial charge in [-0.05, 0) is 47.5 Å². The van der Waals surface area contributed by atoms with Gasteiger partial charge in [0.25, 0.3) is 0 Å². The minimum Gasteiger partial charge on any atom is -0.504 e. The van der Waals surface area contributed by atoms with E-state index in [1.165, 1.54) is 38.8 Å². The highest BCUT2D eigenvalue weighted by molar-refractivity contribution is 5.87. The molecular weight excluding hydrogens is 392 g/mol. The minimum absolute atomic E-state index is 0.00286. The van der Waals surface area contributed by atoms with E-state index in [9.17, 15) is 19.8 Å². The molecule has 0 aliphatic rings. The number of carbonyl (C=O) groups excluding carboxylic acids is 2. The van der Waals surface area contributed by atoms with Gasteiger partial charge in [-0.3, -0.25) is 9.59 Å². The first-order valence-corrected chi connectivity index (χ1v) is 8.80. The largest absolute Gasteiger partial charge is 0.504 e. The van der Waals surface area contributed by atoms with Gasteiger partial charge in [0.05, 0.1) is 26.6 Å². The maximum absolute atomic E-state index is 11.8. The highest BCUT2D eigenvalue weighted by Crippen LogP contribution is 2.26. The molecule has 158 valence electrons. The van der Waals surface area contributed by atoms with E-state index in [-0.39, 0.29) is 35.8 Å². The van der Waals surface area contributed by atoms with Crippen molar-refractivity contribution in [2.45, 2.75) is 12.8 Å². The monoisotopic (exact) mass is 414 g/mol. The van der Waals surface area contributed by atoms with Gasteiger partial charge in [0.15, 0.2) is 23.0 Å². The first-order valence-electron chi connectivity index (χ1n) is 8.80. The van der Waals surface area contributed by atoms with E-state index < -0.39 is 11.8 Å². The van der Waals surface area contributed by atoms with E-state index in [0.29, 0.717) is 11.1 Å². The molecule has 0 radical (unpaired) electrons. The van der Waals surface area contributed by atoms with Crippen molar-refractivity contribution < 1.29 is 29.3 Å². The Morgan fingerprint density at radius 3 is 1.60 bits per heavy atom. The average Bonchev–Trinajstić information content (AvgIpc) is 2.74. The van der Waals surface area contributed by atoms with Crippen molar-refractivity contribution in [3.05, 3.63) is 47.5 Å². The number of amides is 2. The van der Waals surface area contributed by atoms with Crippen LogP contribution >= 0.6 is 0 Å². The number of hydrogen-bond acceptors (Lipinski definition) is 8. The highest BCUT2D eigenvalue weighted by Gasteiger charge is 2.06. The van der Waals surface area contributed by atoms with Gasteiger partial charge < -0.3 is 19.7 Å². The van der Waals surface area contributed by atoms with Crippen molar-refractivity contribution in [3.8, 4) is 23.0 Å². The number of hydrogen-bond donors (Lipinski definition) is 4. The van der Waals surface area contributed by atoms with Crippen LogP contribution in [0, 0.1) is 0 Å². The summed E-state index contributed by atoms with van der Waals surface area (Å²) in [4.78, 5) is 23.5. The van der Waals surface area contributed by atoms with Gasteiger partial charge in [0.2, 0.25) is 11.8 Å². The fraction of sp³-hybridized carbons (Fsp3) is 0.200. The number of carbonyl (C=O) groups is 2. The Bertz CT molecular complexity index is 881. The fourth-order valence-electron chi connectivity index (χ4n) is 2.25. The van der Waals surface area contributed by atoms with Crippen molar-refractivity contribution >= 4 is 24.2 Å². The molecule has 2 rings (SSSR count). The highest BCUT2D eigenvalue weighted by atomic mass is 16.5. The molecule has 0 saturated heterocycles. The summed E-state index contributed by atoms with van der Waals surface area (Å²) in [6, 6.07) is 9.20. The van der Waals surface area contributed by atoms with Crippen LogP contribution in [0.15, 0.2) is 46.6 Å². The number of benzene rings is 2. The number of nitrogens with zero attached hydrogens (tertiary/aromatic N) is 2. The van der Waals surface area contributed by atoms with Gasteiger partial charge in [-0.1, -0.05) is 0 Å². The zero-order valence-electron chi connectivity index (χ0n) is 16.5. The number of aromatic hydroxyl groups is 2. The maximum atomic E-state index is 11.8. The molecule has 0 atom stereocenters. The van der Waals surface area contributed by atoms with Gasteiger partial charge in [-0.25, -0.2) is 10.9 Å². The first-order chi connectivity index (χ1) is 14.4. The van der Waals surface area contributed by atoms with Crippen molar-refractivity contribution in [2.75, 3.05) is 14.2 Å². The van der Waals surface area contributed by atoms with E-state index in [0.717, 1.165) is 0 Å². The number of nitrogens with one attached hydrogen (secondary N) is 2. The van der Waals surface area contributed by atoms with Crippen LogP contribution in [0.1, 0.15) is 24.0 Å². The van der Waals surface area contributed by atoms with E-state index in [1.54, 1.807) is 24.3 Å². The topological polar surface area (TPSA) is 142 Å². The smallest absolute Gasteiger partial charge is 0.240 e. The summed E-state index contributed by atoms with van der Waals surface area (Å²) in [5.74, 6) is -0.325. The van der Waals surface area contributed by atoms with E-state index in [1.807, 2.05) is 0 Å². The van der Waals surface area contributed by atoms with E-state index >= 15 is 0 Å². The summed E-state index contributed by atoms with van der Waals surface area (Å²) in [6.07, 6.45) is 2.61. The molecule has 0 aromatic heterocycles. The van der Waals surface area contributed by atoms with Crippen molar-refractivity contribution in [2.24, 2.45) is 10.2 Å². The Balaban J connectivity index is 1.74. The SMILES string of the molecule is COc1cc(/C=N\NC(=O)CCC(=O)N/N=C\c2ccc(O)c(OC)c2)ccc1O. The van der Waals surface area contributed by atoms with Crippen LogP contribution in [-0.4, -0.2) is 48.7 Å². The third-order valence-corrected chi connectivity index (χ3v) is 3.79. The minimum atomic E-state index is -0.445. The Kier molecular flexibility index (Phi) is 8.18. The number of hydrazone groups is 2. The second kappa shape index (κ2) is 11.1. The lowest BCUT2D eigenvalue weighted by atomic mass is 10.2. The van der Waals surface area contributed by atoms with Gasteiger partial charge >= 0.3 is 0 Å². The molecule has 10 heteroatoms. The third kappa shape index (κ3) is 6.82. The predicted molar refractivity (Wildman–Crippen MR) is 110 cm³/mol. The van der Waals surface area contributed by atoms with Crippen LogP contribution in [0.5, 0.6) is 23.0 Å². The molecule has 4 N–H and O–H groups in total. The van der Waals surface area contributed by atoms with Crippen LogP contribution in [0.4, 0.5) is 0 Å². The molecule has 30 heavy (non-hydrogen) atoms. The number of phenolic OH excluding ortho intramolecular Hbond substituents is 2. The van der Waals surface area contributed by atoms with E-state index in [2.05, 4.69) is 21.1 Å². The molecule has 0 heterocycles. The van der Waals surface area contributed by atoms with Crippen molar-refractivity contribution in [1.29, 1.82) is 0 Å². The van der Waals surface area contributed by atoms with Gasteiger partial charge in [0.1, 0.15) is 0 Å². The Hall–Kier alpha value is -4.08. The van der Waals surface area contributed by atoms with Crippen molar-refractivity contribution in [3.63, 3.8) is 0 Å². The molecule has 2 amide bonds. The van der Waals surface area contributed by atoms with Gasteiger partial charge in [-0.2, -0.15) is 10.2 Å². The molecule has 2 aromatic carbocycles. The first kappa shape index (κ1) is 22.2. The molecule has 0 fully saturated rings. The lowest BCUT2D eigenvalue weighted by Crippen LogP contribution is -2.22. The standard InChI is InChI=1S/C20H22N4O6/c1-29-17-9-13(3-5-15(17)25)11-21-23-19(27)7-8-20(28)24-22-12-14-4-6-16(26)18(10-14)30-2/h3-6,9-12,25-26H,7-8H2,1-2H3,(H,23,27)(H,24,28)/b21-11-,22-12-. The van der Waals surface area contributed by atoms with Crippen LogP contribution in [0.3, 0.4) is 0 Å². The Labute approximate surface area is 172 Å². The normalized spacial score (nSPS) is 10.9. The summed E-state index contributed by atoms with van der Waals surface area (Å²) in [5, 5.41) is 26.6. The zero-order valence-corrected chi connectivity index (χ0v) is 16.5. The second-order valence-corrected chi connectivity index (χ2v) is 5.95. The molecule has 10 nitrogen and oxygen atoms in total. The van der Waals surface area contributed by atoms with Crippen LogP contribution in [0.2, 0.25) is 0 Å². The summed E-state index contributed by atoms with van der Waals surface area (Å²) in [5.41, 5.74) is 5.85. The average molecular weight is 414 g/mol. The van der Waals surface area contributed by atoms with Crippen LogP contribution in [0.25, 0.3) is 0 Å². The third-order valence-electron chi connectivity index (χ3n) is 3.79. The molecular formula is C20H22N4O6. The quantitative estimate of drug-likeness (QED) is 0.362. The lowest BCUT2D eigenvalue weighted by molar-refractivity contribution is -0.126. The molecule has 0 aliphatic carbocycles. The summed E-state index contributed by atoms with van der Waals surface area (Å²) < 4.78 is 9.97. The molecule has 0 aliphatic heterocycles. The Morgan fingerprint density at radius 1 is 0.833 bits per heavy atom. The van der Waals surface area contributed by atoms with Gasteiger partial charge in [-0.15, -0.1) is 0 Å². The number of rotatable bonds is 9. The van der Waals surface area contributed by atoms with Crippen molar-refractivity contribution in [1.82, 2.24) is 10.9 Å². The summed E-state index contributed by atoms with van der Waals surface area (Å²) >= 11 is 0. The van der Waals surface area contributed by atoms with E-state index in [4.69, 9.17) is 9.47 Å². The Morgan fingerprint density at radius 2 is 1.23 bits per heavy atom. The number of phenols is 2. The second-order valence-electron chi connectivity index (χ2n) is 5.95. The van der Waals surface area contributed by atoms with Gasteiger partial charge in [0, 0.05) is 12.8 Å². The molecule has 0 bridgehead atoms. The molecule has 2 aromatic rings. The molecule has 0 unspecified atom stereocenters. The number of ether oxygens (including phenoxy) is 2. The predicted octanol–water partition coefficient (Wildman–Crippen LogP) is 1.50. The lowest BCUT2D eigenvalue weighted by Gasteiger charge is -2.04. The maximum Gasteiger partial charge on any atom is 0.240 e. The summed E-state index contributed by atoms with van der Waals surface area (Å²) in [7, 11) is 2.85. The summed E-state index contributed by atoms with van der Waals surface area (Å²) in [6.45, 7) is 0. The number of methoxy groups -OCH3 is 2. The fourth-order valence-corrected chi connectivity index (χ4v) is 2.25. The van der Waals surface area contributed by atoms with Crippen LogP contribution < -0.4 is 20.3 Å². The zero-order chi connectivity index (χ0) is 21.9.